The van der Waals surface area contributed by atoms with E-state index in [0.717, 1.165) is 45.0 Å². The van der Waals surface area contributed by atoms with Crippen molar-refractivity contribution >= 4 is 11.5 Å². The monoisotopic (exact) mass is 360 g/mol. The van der Waals surface area contributed by atoms with Crippen LogP contribution in [0.5, 0.6) is 0 Å². The first-order chi connectivity index (χ1) is 13.2. The molecule has 0 atom stereocenters. The van der Waals surface area contributed by atoms with Gasteiger partial charge in [0, 0.05) is 40.1 Å². The first kappa shape index (κ1) is 17.0. The maximum Gasteiger partial charge on any atom is 0.227 e. The SMILES string of the molecule is CCc1cnn2c(NCc3ccc[n+](O)c3)cc(-c3ccccc3C)nc12. The molecule has 136 valence electrons. The molecule has 0 saturated carbocycles. The Balaban J connectivity index is 1.78. The molecule has 27 heavy (non-hydrogen) atoms. The van der Waals surface area contributed by atoms with Crippen molar-refractivity contribution in [2.75, 3.05) is 5.32 Å². The van der Waals surface area contributed by atoms with E-state index < -0.39 is 0 Å². The highest BCUT2D eigenvalue weighted by atomic mass is 16.5. The summed E-state index contributed by atoms with van der Waals surface area (Å²) in [6, 6.07) is 14.0. The van der Waals surface area contributed by atoms with Crippen LogP contribution in [0.15, 0.2) is 61.1 Å². The Morgan fingerprint density at radius 2 is 2.04 bits per heavy atom. The Morgan fingerprint density at radius 3 is 2.81 bits per heavy atom. The number of nitrogens with one attached hydrogen (secondary N) is 1. The number of hydrogen-bond acceptors (Lipinski definition) is 4. The van der Waals surface area contributed by atoms with Gasteiger partial charge in [-0.15, -0.1) is 0 Å². The summed E-state index contributed by atoms with van der Waals surface area (Å²) in [5, 5.41) is 17.5. The van der Waals surface area contributed by atoms with Crippen molar-refractivity contribution in [1.82, 2.24) is 14.6 Å². The van der Waals surface area contributed by atoms with Crippen LogP contribution in [-0.2, 0) is 13.0 Å². The fourth-order valence-electron chi connectivity index (χ4n) is 3.19. The Morgan fingerprint density at radius 1 is 1.19 bits per heavy atom. The van der Waals surface area contributed by atoms with Gasteiger partial charge in [-0.25, -0.2) is 4.98 Å². The van der Waals surface area contributed by atoms with Crippen LogP contribution in [0.25, 0.3) is 16.9 Å². The van der Waals surface area contributed by atoms with E-state index in [1.807, 2.05) is 35.0 Å². The number of benzene rings is 1. The summed E-state index contributed by atoms with van der Waals surface area (Å²) >= 11 is 0. The third-order valence-corrected chi connectivity index (χ3v) is 4.67. The summed E-state index contributed by atoms with van der Waals surface area (Å²) in [6.45, 7) is 4.76. The maximum absolute atomic E-state index is 9.60. The molecular weight excluding hydrogens is 338 g/mol. The topological polar surface area (TPSA) is 66.3 Å². The third kappa shape index (κ3) is 3.33. The molecule has 0 radical (unpaired) electrons. The minimum Gasteiger partial charge on any atom is -0.366 e. The summed E-state index contributed by atoms with van der Waals surface area (Å²) in [5.74, 6) is 0.867. The van der Waals surface area contributed by atoms with E-state index in [4.69, 9.17) is 4.98 Å². The number of pyridine rings is 1. The molecule has 0 aliphatic rings. The molecule has 0 bridgehead atoms. The second-order valence-corrected chi connectivity index (χ2v) is 6.55. The number of aromatic nitrogens is 4. The minimum atomic E-state index is 0.565. The standard InChI is InChI=1S/C21H22N5O/c1-3-17-13-23-26-20(22-12-16-8-6-10-25(27)14-16)11-19(24-21(17)26)18-9-5-4-7-15(18)2/h4-11,13-14,22,27H,3,12H2,1-2H3/q+1. The van der Waals surface area contributed by atoms with Gasteiger partial charge in [0.2, 0.25) is 12.4 Å². The van der Waals surface area contributed by atoms with E-state index in [9.17, 15) is 5.21 Å². The van der Waals surface area contributed by atoms with Crippen LogP contribution >= 0.6 is 0 Å². The van der Waals surface area contributed by atoms with Gasteiger partial charge in [0.1, 0.15) is 5.82 Å². The lowest BCUT2D eigenvalue weighted by atomic mass is 10.1. The molecule has 0 amide bonds. The van der Waals surface area contributed by atoms with Crippen molar-refractivity contribution in [3.05, 3.63) is 77.7 Å². The Kier molecular flexibility index (Phi) is 4.46. The minimum absolute atomic E-state index is 0.565. The highest BCUT2D eigenvalue weighted by Gasteiger charge is 2.13. The van der Waals surface area contributed by atoms with Crippen LogP contribution in [0.2, 0.25) is 0 Å². The van der Waals surface area contributed by atoms with Crippen LogP contribution in [0.1, 0.15) is 23.6 Å². The van der Waals surface area contributed by atoms with Crippen molar-refractivity contribution in [2.24, 2.45) is 0 Å². The second-order valence-electron chi connectivity index (χ2n) is 6.55. The molecule has 2 N–H and O–H groups in total. The fourth-order valence-corrected chi connectivity index (χ4v) is 3.19. The molecule has 6 heteroatoms. The quantitative estimate of drug-likeness (QED) is 0.423. The van der Waals surface area contributed by atoms with Crippen LogP contribution in [0.4, 0.5) is 5.82 Å². The largest absolute Gasteiger partial charge is 0.366 e. The van der Waals surface area contributed by atoms with E-state index >= 15 is 0 Å². The molecule has 6 nitrogen and oxygen atoms in total. The summed E-state index contributed by atoms with van der Waals surface area (Å²) in [4.78, 5) is 4.88. The Labute approximate surface area is 157 Å². The summed E-state index contributed by atoms with van der Waals surface area (Å²) in [7, 11) is 0. The second kappa shape index (κ2) is 7.07. The molecule has 0 spiro atoms. The summed E-state index contributed by atoms with van der Waals surface area (Å²) in [5.41, 5.74) is 6.16. The van der Waals surface area contributed by atoms with Crippen molar-refractivity contribution in [3.63, 3.8) is 0 Å². The van der Waals surface area contributed by atoms with E-state index in [2.05, 4.69) is 36.4 Å². The lowest BCUT2D eigenvalue weighted by Crippen LogP contribution is -2.29. The molecule has 0 aliphatic carbocycles. The fraction of sp³-hybridized carbons (Fsp3) is 0.190. The Hall–Kier alpha value is -3.41. The van der Waals surface area contributed by atoms with Gasteiger partial charge in [0.15, 0.2) is 5.65 Å². The molecular formula is C21H22N5O+. The average molecular weight is 360 g/mol. The summed E-state index contributed by atoms with van der Waals surface area (Å²) in [6.07, 6.45) is 6.01. The van der Waals surface area contributed by atoms with Gasteiger partial charge in [-0.05, 0) is 25.0 Å². The van der Waals surface area contributed by atoms with Crippen LogP contribution in [0, 0.1) is 6.92 Å². The molecule has 4 rings (SSSR count). The zero-order valence-electron chi connectivity index (χ0n) is 15.4. The summed E-state index contributed by atoms with van der Waals surface area (Å²) < 4.78 is 2.90. The normalized spacial score (nSPS) is 11.0. The van der Waals surface area contributed by atoms with E-state index in [1.54, 1.807) is 18.5 Å². The first-order valence-electron chi connectivity index (χ1n) is 9.02. The van der Waals surface area contributed by atoms with Crippen LogP contribution in [-0.4, -0.2) is 19.8 Å². The molecule has 3 aromatic heterocycles. The predicted octanol–water partition coefficient (Wildman–Crippen LogP) is 3.40. The molecule has 3 heterocycles. The van der Waals surface area contributed by atoms with Crippen LogP contribution < -0.4 is 10.0 Å². The number of aryl methyl sites for hydroxylation is 2. The van der Waals surface area contributed by atoms with E-state index in [1.165, 1.54) is 5.56 Å². The Bertz CT molecular complexity index is 1100. The molecule has 0 unspecified atom stereocenters. The number of fused-ring (bicyclic) bond motifs is 1. The molecule has 1 aromatic carbocycles. The lowest BCUT2D eigenvalue weighted by molar-refractivity contribution is -0.905. The van der Waals surface area contributed by atoms with Gasteiger partial charge >= 0.3 is 0 Å². The van der Waals surface area contributed by atoms with Crippen molar-refractivity contribution < 1.29 is 9.94 Å². The smallest absolute Gasteiger partial charge is 0.227 e. The van der Waals surface area contributed by atoms with Crippen LogP contribution in [0.3, 0.4) is 0 Å². The van der Waals surface area contributed by atoms with Gasteiger partial charge in [0.25, 0.3) is 0 Å². The number of nitrogens with zero attached hydrogens (tertiary/aromatic N) is 4. The number of hydrogen-bond donors (Lipinski definition) is 2. The zero-order valence-corrected chi connectivity index (χ0v) is 15.4. The molecule has 4 aromatic rings. The number of anilines is 1. The average Bonchev–Trinajstić information content (AvgIpc) is 3.09. The number of rotatable bonds is 5. The molecule has 0 fully saturated rings. The third-order valence-electron chi connectivity index (χ3n) is 4.67. The van der Waals surface area contributed by atoms with Gasteiger partial charge < -0.3 is 5.32 Å². The van der Waals surface area contributed by atoms with E-state index in [0.29, 0.717) is 6.54 Å². The van der Waals surface area contributed by atoms with Gasteiger partial charge in [-0.3, -0.25) is 5.21 Å². The van der Waals surface area contributed by atoms with Gasteiger partial charge in [-0.1, -0.05) is 31.2 Å². The zero-order chi connectivity index (χ0) is 18.8. The van der Waals surface area contributed by atoms with Gasteiger partial charge in [-0.2, -0.15) is 9.61 Å². The molecule has 0 saturated heterocycles. The molecule has 0 aliphatic heterocycles. The van der Waals surface area contributed by atoms with Crippen molar-refractivity contribution in [1.29, 1.82) is 0 Å². The lowest BCUT2D eigenvalue weighted by Gasteiger charge is -2.12. The maximum atomic E-state index is 9.60. The predicted molar refractivity (Wildman–Crippen MR) is 104 cm³/mol. The highest BCUT2D eigenvalue weighted by molar-refractivity contribution is 5.70. The first-order valence-corrected chi connectivity index (χ1v) is 9.02. The van der Waals surface area contributed by atoms with E-state index in [-0.39, 0.29) is 0 Å². The van der Waals surface area contributed by atoms with Crippen molar-refractivity contribution in [3.8, 4) is 11.3 Å². The highest BCUT2D eigenvalue weighted by Crippen LogP contribution is 2.26. The van der Waals surface area contributed by atoms with Crippen molar-refractivity contribution in [2.45, 2.75) is 26.8 Å². The van der Waals surface area contributed by atoms with Gasteiger partial charge in [0.05, 0.1) is 11.9 Å².